The van der Waals surface area contributed by atoms with E-state index < -0.39 is 6.98 Å². The van der Waals surface area contributed by atoms with Gasteiger partial charge in [0.15, 0.2) is 5.78 Å². The van der Waals surface area contributed by atoms with Crippen LogP contribution in [0.5, 0.6) is 0 Å². The van der Waals surface area contributed by atoms with Crippen molar-refractivity contribution < 1.29 is 8.91 Å². The van der Waals surface area contributed by atoms with Crippen LogP contribution in [0.15, 0.2) is 61.2 Å². The lowest BCUT2D eigenvalue weighted by atomic mass is 10.0. The molecule has 1 fully saturated rings. The van der Waals surface area contributed by atoms with Crippen molar-refractivity contribution in [2.45, 2.75) is 6.42 Å². The summed E-state index contributed by atoms with van der Waals surface area (Å²) in [6.07, 6.45) is 6.70. The second kappa shape index (κ2) is 8.51. The van der Waals surface area contributed by atoms with E-state index in [9.17, 15) is 4.79 Å². The fourth-order valence-electron chi connectivity index (χ4n) is 4.00. The van der Waals surface area contributed by atoms with Gasteiger partial charge in [0, 0.05) is 78.1 Å². The molecule has 0 spiro atoms. The SMILES string of the molecule is [2H]C([2H])([2H])n1cc(-c2ccc3cnc(CC(=O)c4ccnc(N5CCN(C)CC5)c4)cc3c2)cn1. The van der Waals surface area contributed by atoms with E-state index in [1.807, 2.05) is 30.3 Å². The number of aryl methyl sites for hydroxylation is 1. The number of hydrogen-bond acceptors (Lipinski definition) is 6. The second-order valence-electron chi connectivity index (χ2n) is 8.20. The highest BCUT2D eigenvalue weighted by Gasteiger charge is 2.17. The van der Waals surface area contributed by atoms with Crippen LogP contribution in [-0.2, 0) is 13.4 Å². The molecule has 0 unspecified atom stereocenters. The minimum atomic E-state index is -2.32. The Labute approximate surface area is 191 Å². The van der Waals surface area contributed by atoms with Crippen molar-refractivity contribution in [1.82, 2.24) is 24.6 Å². The Morgan fingerprint density at radius 3 is 2.69 bits per heavy atom. The largest absolute Gasteiger partial charge is 0.354 e. The van der Waals surface area contributed by atoms with Crippen molar-refractivity contribution in [2.75, 3.05) is 38.1 Å². The first-order valence-corrected chi connectivity index (χ1v) is 10.6. The van der Waals surface area contributed by atoms with Gasteiger partial charge in [-0.3, -0.25) is 14.5 Å². The monoisotopic (exact) mass is 429 g/mol. The molecular weight excluding hydrogens is 400 g/mol. The summed E-state index contributed by atoms with van der Waals surface area (Å²) in [4.78, 5) is 26.5. The Morgan fingerprint density at radius 1 is 1.00 bits per heavy atom. The Morgan fingerprint density at radius 2 is 1.88 bits per heavy atom. The third-order valence-corrected chi connectivity index (χ3v) is 5.93. The summed E-state index contributed by atoms with van der Waals surface area (Å²) in [5, 5.41) is 5.83. The van der Waals surface area contributed by atoms with Crippen LogP contribution >= 0.6 is 0 Å². The molecule has 0 N–H and O–H groups in total. The number of anilines is 1. The van der Waals surface area contributed by atoms with Crippen LogP contribution in [0.2, 0.25) is 0 Å². The summed E-state index contributed by atoms with van der Waals surface area (Å²) >= 11 is 0. The lowest BCUT2D eigenvalue weighted by molar-refractivity contribution is 0.0992. The maximum Gasteiger partial charge on any atom is 0.169 e. The molecule has 0 radical (unpaired) electrons. The first-order chi connectivity index (χ1) is 16.8. The molecule has 1 aliphatic heterocycles. The van der Waals surface area contributed by atoms with Gasteiger partial charge in [-0.2, -0.15) is 5.10 Å². The van der Waals surface area contributed by atoms with Crippen LogP contribution in [0.25, 0.3) is 21.9 Å². The molecule has 162 valence electrons. The van der Waals surface area contributed by atoms with Gasteiger partial charge in [-0.1, -0.05) is 12.1 Å². The fraction of sp³-hybridized carbons (Fsp3) is 0.280. The molecule has 7 heteroatoms. The highest BCUT2D eigenvalue weighted by Crippen LogP contribution is 2.24. The third kappa shape index (κ3) is 4.24. The van der Waals surface area contributed by atoms with Gasteiger partial charge in [-0.15, -0.1) is 0 Å². The molecular formula is C25H26N6O. The zero-order chi connectivity index (χ0) is 24.6. The number of pyridine rings is 2. The zero-order valence-corrected chi connectivity index (χ0v) is 17.9. The van der Waals surface area contributed by atoms with E-state index in [0.29, 0.717) is 16.8 Å². The maximum absolute atomic E-state index is 13.1. The molecule has 32 heavy (non-hydrogen) atoms. The first-order valence-electron chi connectivity index (χ1n) is 12.1. The van der Waals surface area contributed by atoms with Gasteiger partial charge >= 0.3 is 0 Å². The van der Waals surface area contributed by atoms with Crippen LogP contribution in [0.3, 0.4) is 0 Å². The number of piperazine rings is 1. The molecule has 5 rings (SSSR count). The van der Waals surface area contributed by atoms with Crippen LogP contribution < -0.4 is 4.90 Å². The minimum Gasteiger partial charge on any atom is -0.354 e. The van der Waals surface area contributed by atoms with E-state index in [-0.39, 0.29) is 12.2 Å². The van der Waals surface area contributed by atoms with Gasteiger partial charge < -0.3 is 9.80 Å². The number of rotatable bonds is 5. The van der Waals surface area contributed by atoms with E-state index in [2.05, 4.69) is 31.9 Å². The smallest absolute Gasteiger partial charge is 0.169 e. The third-order valence-electron chi connectivity index (χ3n) is 5.93. The zero-order valence-electron chi connectivity index (χ0n) is 20.9. The van der Waals surface area contributed by atoms with Gasteiger partial charge in [0.25, 0.3) is 0 Å². The highest BCUT2D eigenvalue weighted by molar-refractivity contribution is 5.98. The molecule has 4 heterocycles. The topological polar surface area (TPSA) is 67.2 Å². The number of Topliss-reactive ketones (excluding diaryl/α,β-unsaturated/α-hetero) is 1. The van der Waals surface area contributed by atoms with Gasteiger partial charge in [-0.05, 0) is 42.3 Å². The molecule has 1 saturated heterocycles. The number of ketones is 1. The molecule has 0 saturated carbocycles. The predicted octanol–water partition coefficient (Wildman–Crippen LogP) is 3.21. The van der Waals surface area contributed by atoms with E-state index in [1.165, 1.54) is 6.20 Å². The fourth-order valence-corrected chi connectivity index (χ4v) is 4.00. The van der Waals surface area contributed by atoms with Crippen LogP contribution in [0, 0.1) is 0 Å². The van der Waals surface area contributed by atoms with Crippen molar-refractivity contribution in [3.63, 3.8) is 0 Å². The van der Waals surface area contributed by atoms with Crippen molar-refractivity contribution in [1.29, 1.82) is 0 Å². The lowest BCUT2D eigenvalue weighted by Crippen LogP contribution is -2.44. The molecule has 0 atom stereocenters. The Hall–Kier alpha value is -3.58. The number of likely N-dealkylation sites (N-methyl/N-ethyl adjacent to an activating group) is 1. The summed E-state index contributed by atoms with van der Waals surface area (Å²) in [5.41, 5.74) is 2.87. The van der Waals surface area contributed by atoms with Gasteiger partial charge in [-0.25, -0.2) is 4.98 Å². The summed E-state index contributed by atoms with van der Waals surface area (Å²) in [6.45, 7) is 1.41. The molecule has 0 amide bonds. The van der Waals surface area contributed by atoms with Crippen LogP contribution in [0.4, 0.5) is 5.82 Å². The number of hydrogen-bond donors (Lipinski definition) is 0. The number of benzene rings is 1. The molecule has 1 aromatic carbocycles. The van der Waals surface area contributed by atoms with Crippen LogP contribution in [-0.4, -0.2) is 63.7 Å². The van der Waals surface area contributed by atoms with Gasteiger partial charge in [0.1, 0.15) is 5.82 Å². The number of carbonyl (C=O) groups is 1. The average molecular weight is 430 g/mol. The number of carbonyl (C=O) groups excluding carboxylic acids is 1. The summed E-state index contributed by atoms with van der Waals surface area (Å²) in [6, 6.07) is 11.3. The van der Waals surface area contributed by atoms with Crippen molar-refractivity contribution in [3.05, 3.63) is 72.4 Å². The summed E-state index contributed by atoms with van der Waals surface area (Å²) in [7, 11) is 2.11. The molecule has 7 nitrogen and oxygen atoms in total. The molecule has 3 aromatic heterocycles. The Kier molecular flexibility index (Phi) is 4.53. The second-order valence-corrected chi connectivity index (χ2v) is 8.20. The van der Waals surface area contributed by atoms with E-state index in [4.69, 9.17) is 4.11 Å². The number of fused-ring (bicyclic) bond motifs is 1. The quantitative estimate of drug-likeness (QED) is 0.454. The standard InChI is InChI=1S/C25H26N6O/c1-29-7-9-31(10-8-29)25-13-19(5-6-26-25)24(32)14-23-12-21-11-18(3-4-20(21)15-27-23)22-16-28-30(2)17-22/h3-6,11-13,15-17H,7-10,14H2,1-2H3/i2D3. The molecule has 1 aliphatic rings. The van der Waals surface area contributed by atoms with E-state index in [0.717, 1.165) is 53.0 Å². The van der Waals surface area contributed by atoms with Crippen LogP contribution in [0.1, 0.15) is 20.2 Å². The van der Waals surface area contributed by atoms with Gasteiger partial charge in [0.2, 0.25) is 0 Å². The minimum absolute atomic E-state index is 0.00950. The summed E-state index contributed by atoms with van der Waals surface area (Å²) < 4.78 is 23.5. The lowest BCUT2D eigenvalue weighted by Gasteiger charge is -2.33. The van der Waals surface area contributed by atoms with Crippen molar-refractivity contribution in [2.24, 2.45) is 6.98 Å². The average Bonchev–Trinajstić information content (AvgIpc) is 3.35. The van der Waals surface area contributed by atoms with Gasteiger partial charge in [0.05, 0.1) is 12.6 Å². The molecule has 0 bridgehead atoms. The Bertz CT molecular complexity index is 1380. The molecule has 4 aromatic rings. The van der Waals surface area contributed by atoms with Crippen molar-refractivity contribution in [3.8, 4) is 11.1 Å². The predicted molar refractivity (Wildman–Crippen MR) is 126 cm³/mol. The highest BCUT2D eigenvalue weighted by atomic mass is 16.1. The number of nitrogens with zero attached hydrogens (tertiary/aromatic N) is 6. The Balaban J connectivity index is 1.35. The summed E-state index contributed by atoms with van der Waals surface area (Å²) in [5.74, 6) is 0.822. The van der Waals surface area contributed by atoms with Crippen molar-refractivity contribution >= 4 is 22.4 Å². The normalized spacial score (nSPS) is 16.5. The van der Waals surface area contributed by atoms with E-state index in [1.54, 1.807) is 24.7 Å². The van der Waals surface area contributed by atoms with E-state index >= 15 is 0 Å². The first kappa shape index (κ1) is 17.0. The number of aromatic nitrogens is 4. The molecule has 0 aliphatic carbocycles. The maximum atomic E-state index is 13.1.